The van der Waals surface area contributed by atoms with Crippen molar-refractivity contribution in [1.82, 2.24) is 15.2 Å². The Labute approximate surface area is 122 Å². The fourth-order valence-corrected chi connectivity index (χ4v) is 2.17. The highest BCUT2D eigenvalue weighted by Gasteiger charge is 2.09. The highest BCUT2D eigenvalue weighted by Crippen LogP contribution is 2.22. The summed E-state index contributed by atoms with van der Waals surface area (Å²) in [5, 5.41) is 10.1. The van der Waals surface area contributed by atoms with Crippen LogP contribution in [-0.2, 0) is 6.54 Å². The van der Waals surface area contributed by atoms with Crippen LogP contribution < -0.4 is 5.32 Å². The quantitative estimate of drug-likeness (QED) is 0.769. The fourth-order valence-electron chi connectivity index (χ4n) is 2.17. The fraction of sp³-hybridized carbons (Fsp3) is 0.125. The van der Waals surface area contributed by atoms with Gasteiger partial charge in [-0.25, -0.2) is 4.39 Å². The molecule has 0 saturated carbocycles. The van der Waals surface area contributed by atoms with Gasteiger partial charge in [0.05, 0.1) is 17.6 Å². The van der Waals surface area contributed by atoms with Gasteiger partial charge in [0.25, 0.3) is 0 Å². The van der Waals surface area contributed by atoms with E-state index in [2.05, 4.69) is 20.5 Å². The summed E-state index contributed by atoms with van der Waals surface area (Å²) < 4.78 is 13.7. The number of pyridine rings is 1. The first-order chi connectivity index (χ1) is 10.2. The number of benzene rings is 1. The van der Waals surface area contributed by atoms with Gasteiger partial charge in [0.1, 0.15) is 5.82 Å². The molecule has 0 aliphatic rings. The minimum Gasteiger partial charge on any atom is -0.378 e. The summed E-state index contributed by atoms with van der Waals surface area (Å²) in [7, 11) is 0. The van der Waals surface area contributed by atoms with Gasteiger partial charge < -0.3 is 5.32 Å². The zero-order valence-corrected chi connectivity index (χ0v) is 11.6. The Morgan fingerprint density at radius 2 is 2.14 bits per heavy atom. The van der Waals surface area contributed by atoms with Crippen LogP contribution in [0.3, 0.4) is 0 Å². The lowest BCUT2D eigenvalue weighted by molar-refractivity contribution is 0.629. The Morgan fingerprint density at radius 3 is 2.95 bits per heavy atom. The van der Waals surface area contributed by atoms with Crippen molar-refractivity contribution in [2.75, 3.05) is 5.32 Å². The first-order valence-electron chi connectivity index (χ1n) is 6.67. The van der Waals surface area contributed by atoms with Crippen molar-refractivity contribution in [3.8, 4) is 11.3 Å². The molecule has 21 heavy (non-hydrogen) atoms. The maximum atomic E-state index is 13.7. The zero-order chi connectivity index (χ0) is 14.7. The lowest BCUT2D eigenvalue weighted by Crippen LogP contribution is -2.02. The molecule has 0 saturated heterocycles. The highest BCUT2D eigenvalue weighted by atomic mass is 19.1. The van der Waals surface area contributed by atoms with Crippen LogP contribution in [0.2, 0.25) is 0 Å². The number of aromatic amines is 1. The molecule has 3 aromatic rings. The van der Waals surface area contributed by atoms with Crippen molar-refractivity contribution in [2.24, 2.45) is 0 Å². The number of nitrogens with zero attached hydrogens (tertiary/aromatic N) is 2. The van der Waals surface area contributed by atoms with Crippen LogP contribution >= 0.6 is 0 Å². The molecule has 4 nitrogen and oxygen atoms in total. The maximum Gasteiger partial charge on any atom is 0.146 e. The number of aryl methyl sites for hydroxylation is 1. The molecule has 3 rings (SSSR count). The van der Waals surface area contributed by atoms with Crippen LogP contribution in [0.5, 0.6) is 0 Å². The lowest BCUT2D eigenvalue weighted by atomic mass is 10.1. The van der Waals surface area contributed by atoms with Crippen LogP contribution in [0.15, 0.2) is 48.9 Å². The molecule has 2 aromatic heterocycles. The summed E-state index contributed by atoms with van der Waals surface area (Å²) in [5.74, 6) is -0.257. The summed E-state index contributed by atoms with van der Waals surface area (Å²) >= 11 is 0. The van der Waals surface area contributed by atoms with E-state index in [-0.39, 0.29) is 5.82 Å². The molecule has 0 amide bonds. The molecule has 106 valence electrons. The molecule has 0 spiro atoms. The van der Waals surface area contributed by atoms with Crippen LogP contribution in [-0.4, -0.2) is 15.2 Å². The number of halogens is 1. The third kappa shape index (κ3) is 2.91. The Kier molecular flexibility index (Phi) is 3.64. The maximum absolute atomic E-state index is 13.7. The number of anilines is 1. The van der Waals surface area contributed by atoms with Gasteiger partial charge in [-0.05, 0) is 36.8 Å². The molecule has 0 fully saturated rings. The van der Waals surface area contributed by atoms with E-state index in [1.165, 1.54) is 6.07 Å². The predicted octanol–water partition coefficient (Wildman–Crippen LogP) is 3.53. The largest absolute Gasteiger partial charge is 0.378 e. The monoisotopic (exact) mass is 282 g/mol. The molecular formula is C16H15FN4. The second kappa shape index (κ2) is 5.75. The van der Waals surface area contributed by atoms with Crippen molar-refractivity contribution in [1.29, 1.82) is 0 Å². The normalized spacial score (nSPS) is 10.6. The number of aromatic nitrogens is 3. The summed E-state index contributed by atoms with van der Waals surface area (Å²) in [6.45, 7) is 2.42. The summed E-state index contributed by atoms with van der Waals surface area (Å²) in [6, 6.07) is 8.83. The second-order valence-corrected chi connectivity index (χ2v) is 4.85. The number of hydrogen-bond acceptors (Lipinski definition) is 3. The zero-order valence-electron chi connectivity index (χ0n) is 11.6. The van der Waals surface area contributed by atoms with Crippen molar-refractivity contribution in [2.45, 2.75) is 13.5 Å². The van der Waals surface area contributed by atoms with E-state index >= 15 is 0 Å². The van der Waals surface area contributed by atoms with Gasteiger partial charge in [0.2, 0.25) is 0 Å². The van der Waals surface area contributed by atoms with E-state index in [1.54, 1.807) is 30.7 Å². The molecule has 0 unspecified atom stereocenters. The third-order valence-electron chi connectivity index (χ3n) is 3.26. The molecule has 0 atom stereocenters. The van der Waals surface area contributed by atoms with Crippen LogP contribution in [0.4, 0.5) is 10.1 Å². The molecule has 2 N–H and O–H groups in total. The average Bonchev–Trinajstić information content (AvgIpc) is 2.97. The van der Waals surface area contributed by atoms with Gasteiger partial charge in [-0.2, -0.15) is 5.10 Å². The number of hydrogen-bond donors (Lipinski definition) is 2. The van der Waals surface area contributed by atoms with Gasteiger partial charge in [-0.15, -0.1) is 0 Å². The van der Waals surface area contributed by atoms with E-state index in [0.717, 1.165) is 22.4 Å². The Bertz CT molecular complexity index is 737. The molecule has 1 aromatic carbocycles. The minimum absolute atomic E-state index is 0.257. The standard InChI is InChI=1S/C16H15FN4/c1-11-4-5-14(17)15(7-11)19-9-13-10-20-21-16(13)12-3-2-6-18-8-12/h2-8,10,19H,9H2,1H3,(H,20,21). The molecular weight excluding hydrogens is 267 g/mol. The van der Waals surface area contributed by atoms with E-state index < -0.39 is 0 Å². The predicted molar refractivity (Wildman–Crippen MR) is 80.3 cm³/mol. The van der Waals surface area contributed by atoms with Crippen molar-refractivity contribution in [3.63, 3.8) is 0 Å². The molecule has 0 bridgehead atoms. The molecule has 0 aliphatic carbocycles. The first-order valence-corrected chi connectivity index (χ1v) is 6.67. The lowest BCUT2D eigenvalue weighted by Gasteiger charge is -2.09. The topological polar surface area (TPSA) is 53.6 Å². The third-order valence-corrected chi connectivity index (χ3v) is 3.26. The SMILES string of the molecule is Cc1ccc(F)c(NCc2cn[nH]c2-c2cccnc2)c1. The van der Waals surface area contributed by atoms with E-state index in [0.29, 0.717) is 12.2 Å². The number of nitrogens with one attached hydrogen (secondary N) is 2. The molecule has 0 aliphatic heterocycles. The first kappa shape index (κ1) is 13.3. The van der Waals surface area contributed by atoms with Crippen LogP contribution in [0.1, 0.15) is 11.1 Å². The van der Waals surface area contributed by atoms with Gasteiger partial charge in [0.15, 0.2) is 0 Å². The summed E-state index contributed by atoms with van der Waals surface area (Å²) in [5.41, 5.74) is 4.32. The summed E-state index contributed by atoms with van der Waals surface area (Å²) in [6.07, 6.45) is 5.23. The Morgan fingerprint density at radius 1 is 1.24 bits per heavy atom. The Hall–Kier alpha value is -2.69. The Balaban J connectivity index is 1.81. The van der Waals surface area contributed by atoms with Crippen molar-refractivity contribution < 1.29 is 4.39 Å². The smallest absolute Gasteiger partial charge is 0.146 e. The second-order valence-electron chi connectivity index (χ2n) is 4.85. The van der Waals surface area contributed by atoms with Crippen LogP contribution in [0.25, 0.3) is 11.3 Å². The summed E-state index contributed by atoms with van der Waals surface area (Å²) in [4.78, 5) is 4.10. The molecule has 2 heterocycles. The molecule has 0 radical (unpaired) electrons. The van der Waals surface area contributed by atoms with Gasteiger partial charge in [-0.1, -0.05) is 6.07 Å². The highest BCUT2D eigenvalue weighted by molar-refractivity contribution is 5.62. The van der Waals surface area contributed by atoms with Gasteiger partial charge in [0, 0.05) is 30.1 Å². The minimum atomic E-state index is -0.257. The number of H-pyrrole nitrogens is 1. The van der Waals surface area contributed by atoms with Gasteiger partial charge >= 0.3 is 0 Å². The van der Waals surface area contributed by atoms with E-state index in [1.807, 2.05) is 19.1 Å². The average molecular weight is 282 g/mol. The van der Waals surface area contributed by atoms with E-state index in [4.69, 9.17) is 0 Å². The van der Waals surface area contributed by atoms with E-state index in [9.17, 15) is 4.39 Å². The number of rotatable bonds is 4. The van der Waals surface area contributed by atoms with Crippen LogP contribution in [0, 0.1) is 12.7 Å². The molecule has 5 heteroatoms. The van der Waals surface area contributed by atoms with Crippen molar-refractivity contribution >= 4 is 5.69 Å². The van der Waals surface area contributed by atoms with Gasteiger partial charge in [-0.3, -0.25) is 10.1 Å². The van der Waals surface area contributed by atoms with Crippen molar-refractivity contribution in [3.05, 3.63) is 65.9 Å².